The molecule has 0 amide bonds. The molecule has 0 aliphatic heterocycles. The number of rotatable bonds is 7. The van der Waals surface area contributed by atoms with Crippen molar-refractivity contribution in [3.63, 3.8) is 0 Å². The van der Waals surface area contributed by atoms with E-state index in [2.05, 4.69) is 41.3 Å². The van der Waals surface area contributed by atoms with Gasteiger partial charge in [-0.15, -0.1) is 0 Å². The smallest absolute Gasteiger partial charge is 0.163 e. The van der Waals surface area contributed by atoms with Crippen molar-refractivity contribution >= 4 is 11.5 Å². The van der Waals surface area contributed by atoms with Gasteiger partial charge >= 0.3 is 0 Å². The summed E-state index contributed by atoms with van der Waals surface area (Å²) in [7, 11) is 3.36. The third-order valence-corrected chi connectivity index (χ3v) is 5.67. The Balaban J connectivity index is 1.64. The highest BCUT2D eigenvalue weighted by Crippen LogP contribution is 2.28. The van der Waals surface area contributed by atoms with Crippen LogP contribution in [-0.4, -0.2) is 20.0 Å². The Morgan fingerprint density at radius 3 is 1.87 bits per heavy atom. The second-order valence-corrected chi connectivity index (χ2v) is 7.67. The van der Waals surface area contributed by atoms with Crippen LogP contribution in [-0.2, 0) is 19.5 Å². The summed E-state index contributed by atoms with van der Waals surface area (Å²) in [6.07, 6.45) is 2.56. The molecule has 4 nitrogen and oxygen atoms in total. The van der Waals surface area contributed by atoms with Gasteiger partial charge in [-0.3, -0.25) is 4.79 Å². The van der Waals surface area contributed by atoms with E-state index in [4.69, 9.17) is 9.47 Å². The minimum Gasteiger partial charge on any atom is -0.497 e. The number of benzene rings is 3. The van der Waals surface area contributed by atoms with E-state index in [1.54, 1.807) is 14.2 Å². The number of anilines is 1. The first-order valence-electron chi connectivity index (χ1n) is 10.3. The summed E-state index contributed by atoms with van der Waals surface area (Å²) in [4.78, 5) is 14.6. The van der Waals surface area contributed by atoms with E-state index in [1.807, 2.05) is 30.3 Å². The molecule has 1 aliphatic carbocycles. The molecule has 0 fully saturated rings. The summed E-state index contributed by atoms with van der Waals surface area (Å²) in [5.41, 5.74) is 5.60. The summed E-state index contributed by atoms with van der Waals surface area (Å²) in [5.74, 6) is 1.97. The summed E-state index contributed by atoms with van der Waals surface area (Å²) < 4.78 is 10.6. The van der Waals surface area contributed by atoms with Gasteiger partial charge in [-0.2, -0.15) is 0 Å². The van der Waals surface area contributed by atoms with Gasteiger partial charge in [0.25, 0.3) is 0 Å². The molecule has 30 heavy (non-hydrogen) atoms. The number of fused-ring (bicyclic) bond motifs is 1. The van der Waals surface area contributed by atoms with E-state index in [9.17, 15) is 4.79 Å². The average Bonchev–Trinajstić information content (AvgIpc) is 2.79. The van der Waals surface area contributed by atoms with Crippen molar-refractivity contribution in [2.45, 2.75) is 32.4 Å². The number of nitrogens with zero attached hydrogens (tertiary/aromatic N) is 1. The van der Waals surface area contributed by atoms with Crippen LogP contribution in [0.15, 0.2) is 66.7 Å². The predicted octanol–water partition coefficient (Wildman–Crippen LogP) is 5.43. The van der Waals surface area contributed by atoms with E-state index < -0.39 is 0 Å². The first-order valence-corrected chi connectivity index (χ1v) is 10.3. The zero-order valence-electron chi connectivity index (χ0n) is 17.6. The third kappa shape index (κ3) is 4.48. The highest BCUT2D eigenvalue weighted by molar-refractivity contribution is 5.98. The largest absolute Gasteiger partial charge is 0.497 e. The standard InChI is InChI=1S/C26H27NO3/c1-29-23-11-6-19(7-12-23)17-27(18-20-8-13-24(30-2)14-9-20)22-10-15-25-21(16-22)4-3-5-26(25)28/h6-16H,3-5,17-18H2,1-2H3. The maximum absolute atomic E-state index is 12.2. The number of ether oxygens (including phenoxy) is 2. The van der Waals surface area contributed by atoms with Crippen molar-refractivity contribution in [1.29, 1.82) is 0 Å². The Hall–Kier alpha value is -3.27. The Labute approximate surface area is 178 Å². The van der Waals surface area contributed by atoms with Crippen LogP contribution in [0.3, 0.4) is 0 Å². The number of Topliss-reactive ketones (excluding diaryl/α,β-unsaturated/α-hetero) is 1. The molecule has 0 aromatic heterocycles. The zero-order chi connectivity index (χ0) is 20.9. The van der Waals surface area contributed by atoms with E-state index in [0.29, 0.717) is 6.42 Å². The van der Waals surface area contributed by atoms with Crippen LogP contribution in [0.5, 0.6) is 11.5 Å². The number of aryl methyl sites for hydroxylation is 1. The van der Waals surface area contributed by atoms with Crippen LogP contribution >= 0.6 is 0 Å². The number of carbonyl (C=O) groups excluding carboxylic acids is 1. The summed E-state index contributed by atoms with van der Waals surface area (Å²) in [5, 5.41) is 0. The normalized spacial score (nSPS) is 12.9. The number of hydrogen-bond acceptors (Lipinski definition) is 4. The summed E-state index contributed by atoms with van der Waals surface area (Å²) >= 11 is 0. The molecular formula is C26H27NO3. The first-order chi connectivity index (χ1) is 14.7. The van der Waals surface area contributed by atoms with Crippen LogP contribution in [0.2, 0.25) is 0 Å². The molecule has 0 bridgehead atoms. The molecule has 3 aromatic carbocycles. The summed E-state index contributed by atoms with van der Waals surface area (Å²) in [6.45, 7) is 1.53. The second kappa shape index (κ2) is 9.04. The second-order valence-electron chi connectivity index (χ2n) is 7.67. The molecule has 0 N–H and O–H groups in total. The van der Waals surface area contributed by atoms with Crippen molar-refractivity contribution in [1.82, 2.24) is 0 Å². The minimum absolute atomic E-state index is 0.264. The van der Waals surface area contributed by atoms with Crippen LogP contribution in [0, 0.1) is 0 Å². The van der Waals surface area contributed by atoms with Crippen LogP contribution < -0.4 is 14.4 Å². The van der Waals surface area contributed by atoms with Gasteiger partial charge in [0.05, 0.1) is 14.2 Å². The Morgan fingerprint density at radius 2 is 1.33 bits per heavy atom. The Morgan fingerprint density at radius 1 is 0.767 bits per heavy atom. The highest BCUT2D eigenvalue weighted by Gasteiger charge is 2.19. The first kappa shape index (κ1) is 20.0. The molecule has 0 heterocycles. The molecular weight excluding hydrogens is 374 g/mol. The lowest BCUT2D eigenvalue weighted by Gasteiger charge is -2.27. The zero-order valence-corrected chi connectivity index (χ0v) is 17.6. The van der Waals surface area contributed by atoms with Crippen molar-refractivity contribution in [2.75, 3.05) is 19.1 Å². The van der Waals surface area contributed by atoms with Gasteiger partial charge in [-0.25, -0.2) is 0 Å². The number of ketones is 1. The van der Waals surface area contributed by atoms with Crippen molar-refractivity contribution in [2.24, 2.45) is 0 Å². The fourth-order valence-electron chi connectivity index (χ4n) is 3.97. The van der Waals surface area contributed by atoms with Gasteiger partial charge in [-0.1, -0.05) is 24.3 Å². The molecule has 154 valence electrons. The minimum atomic E-state index is 0.264. The predicted molar refractivity (Wildman–Crippen MR) is 120 cm³/mol. The van der Waals surface area contributed by atoms with E-state index in [0.717, 1.165) is 48.7 Å². The van der Waals surface area contributed by atoms with Crippen molar-refractivity contribution in [3.8, 4) is 11.5 Å². The third-order valence-electron chi connectivity index (χ3n) is 5.67. The molecule has 0 atom stereocenters. The Kier molecular flexibility index (Phi) is 6.03. The molecule has 0 radical (unpaired) electrons. The summed E-state index contributed by atoms with van der Waals surface area (Å²) in [6, 6.07) is 22.6. The number of hydrogen-bond donors (Lipinski definition) is 0. The SMILES string of the molecule is COc1ccc(CN(Cc2ccc(OC)cc2)c2ccc3c(c2)CCCC3=O)cc1. The van der Waals surface area contributed by atoms with E-state index in [-0.39, 0.29) is 5.78 Å². The Bertz CT molecular complexity index is 960. The van der Waals surface area contributed by atoms with Gasteiger partial charge < -0.3 is 14.4 Å². The lowest BCUT2D eigenvalue weighted by atomic mass is 9.90. The molecule has 3 aromatic rings. The molecule has 0 spiro atoms. The van der Waals surface area contributed by atoms with Gasteiger partial charge in [-0.05, 0) is 72.0 Å². The van der Waals surface area contributed by atoms with Gasteiger partial charge in [0.15, 0.2) is 5.78 Å². The van der Waals surface area contributed by atoms with Crippen LogP contribution in [0.25, 0.3) is 0 Å². The molecule has 0 unspecified atom stereocenters. The van der Waals surface area contributed by atoms with Gasteiger partial charge in [0.2, 0.25) is 0 Å². The molecule has 4 rings (SSSR count). The monoisotopic (exact) mass is 401 g/mol. The quantitative estimate of drug-likeness (QED) is 0.529. The number of carbonyl (C=O) groups is 1. The maximum Gasteiger partial charge on any atom is 0.163 e. The fourth-order valence-corrected chi connectivity index (χ4v) is 3.97. The van der Waals surface area contributed by atoms with Crippen LogP contribution in [0.1, 0.15) is 39.9 Å². The topological polar surface area (TPSA) is 38.8 Å². The van der Waals surface area contributed by atoms with Gasteiger partial charge in [0.1, 0.15) is 11.5 Å². The average molecular weight is 402 g/mol. The lowest BCUT2D eigenvalue weighted by molar-refractivity contribution is 0.0972. The van der Waals surface area contributed by atoms with Gasteiger partial charge in [0, 0.05) is 30.8 Å². The van der Waals surface area contributed by atoms with Crippen molar-refractivity contribution in [3.05, 3.63) is 89.0 Å². The maximum atomic E-state index is 12.2. The lowest BCUT2D eigenvalue weighted by Crippen LogP contribution is -2.23. The molecule has 4 heteroatoms. The fraction of sp³-hybridized carbons (Fsp3) is 0.269. The highest BCUT2D eigenvalue weighted by atomic mass is 16.5. The number of methoxy groups -OCH3 is 2. The van der Waals surface area contributed by atoms with Crippen molar-refractivity contribution < 1.29 is 14.3 Å². The molecule has 0 saturated carbocycles. The molecule has 0 saturated heterocycles. The molecule has 1 aliphatic rings. The van der Waals surface area contributed by atoms with E-state index >= 15 is 0 Å². The van der Waals surface area contributed by atoms with E-state index in [1.165, 1.54) is 16.7 Å². The van der Waals surface area contributed by atoms with Crippen LogP contribution in [0.4, 0.5) is 5.69 Å².